The van der Waals surface area contributed by atoms with Gasteiger partial charge in [0.2, 0.25) is 5.79 Å². The lowest BCUT2D eigenvalue weighted by atomic mass is 10.0. The Kier molecular flexibility index (Phi) is 4.03. The summed E-state index contributed by atoms with van der Waals surface area (Å²) in [5.41, 5.74) is 0.934. The smallest absolute Gasteiger partial charge is 0.217 e. The van der Waals surface area contributed by atoms with E-state index in [2.05, 4.69) is 0 Å². The second-order valence-electron chi connectivity index (χ2n) is 6.21. The maximum Gasteiger partial charge on any atom is 0.217 e. The Labute approximate surface area is 155 Å². The fraction of sp³-hybridized carbons (Fsp3) is 0.211. The summed E-state index contributed by atoms with van der Waals surface area (Å²) in [5.74, 6) is -1.45. The molecule has 1 aliphatic carbocycles. The van der Waals surface area contributed by atoms with Gasteiger partial charge >= 0.3 is 0 Å². The maximum atomic E-state index is 13.7. The molecule has 0 bridgehead atoms. The molecule has 0 amide bonds. The van der Waals surface area contributed by atoms with E-state index < -0.39 is 21.4 Å². The molecular formula is C19H14FNO5S. The van der Waals surface area contributed by atoms with Crippen LogP contribution in [-0.2, 0) is 25.1 Å². The number of benzene rings is 2. The number of nitriles is 1. The van der Waals surface area contributed by atoms with Crippen LogP contribution in [0.1, 0.15) is 16.7 Å². The summed E-state index contributed by atoms with van der Waals surface area (Å²) in [4.78, 5) is 0.0775. The van der Waals surface area contributed by atoms with Gasteiger partial charge in [0.25, 0.3) is 0 Å². The van der Waals surface area contributed by atoms with E-state index in [-0.39, 0.29) is 16.2 Å². The zero-order valence-electron chi connectivity index (χ0n) is 14.2. The lowest BCUT2D eigenvalue weighted by Crippen LogP contribution is -2.25. The third-order valence-electron chi connectivity index (χ3n) is 4.33. The largest absolute Gasteiger partial charge is 0.457 e. The van der Waals surface area contributed by atoms with Crippen LogP contribution < -0.4 is 4.74 Å². The van der Waals surface area contributed by atoms with Gasteiger partial charge in [-0.25, -0.2) is 12.8 Å². The van der Waals surface area contributed by atoms with Crippen LogP contribution in [0.3, 0.4) is 0 Å². The molecule has 2 aromatic rings. The maximum absolute atomic E-state index is 13.7. The molecule has 138 valence electrons. The predicted octanol–water partition coefficient (Wildman–Crippen LogP) is 3.12. The van der Waals surface area contributed by atoms with Gasteiger partial charge in [-0.05, 0) is 36.4 Å². The van der Waals surface area contributed by atoms with Crippen LogP contribution in [0.5, 0.6) is 11.5 Å². The first-order chi connectivity index (χ1) is 12.8. The van der Waals surface area contributed by atoms with Crippen LogP contribution in [-0.4, -0.2) is 27.9 Å². The van der Waals surface area contributed by atoms with E-state index in [0.717, 1.165) is 18.4 Å². The van der Waals surface area contributed by atoms with E-state index in [4.69, 9.17) is 19.5 Å². The molecule has 1 spiro atoms. The average molecular weight is 387 g/mol. The van der Waals surface area contributed by atoms with Crippen LogP contribution in [0.4, 0.5) is 4.39 Å². The van der Waals surface area contributed by atoms with Gasteiger partial charge in [0.1, 0.15) is 17.3 Å². The predicted molar refractivity (Wildman–Crippen MR) is 93.4 cm³/mol. The molecule has 2 aromatic carbocycles. The molecule has 0 saturated carbocycles. The zero-order chi connectivity index (χ0) is 19.2. The summed E-state index contributed by atoms with van der Waals surface area (Å²) in [6, 6.07) is 8.41. The molecular weight excluding hydrogens is 373 g/mol. The van der Waals surface area contributed by atoms with Crippen molar-refractivity contribution in [2.75, 3.05) is 19.5 Å². The Morgan fingerprint density at radius 3 is 2.63 bits per heavy atom. The van der Waals surface area contributed by atoms with E-state index in [9.17, 15) is 12.8 Å². The van der Waals surface area contributed by atoms with Crippen molar-refractivity contribution < 1.29 is 27.0 Å². The lowest BCUT2D eigenvalue weighted by molar-refractivity contribution is -0.122. The molecule has 0 N–H and O–H groups in total. The highest BCUT2D eigenvalue weighted by Gasteiger charge is 2.45. The number of rotatable bonds is 3. The van der Waals surface area contributed by atoms with Crippen molar-refractivity contribution in [1.29, 1.82) is 5.26 Å². The van der Waals surface area contributed by atoms with E-state index in [1.807, 2.05) is 6.07 Å². The fourth-order valence-electron chi connectivity index (χ4n) is 3.26. The molecule has 1 fully saturated rings. The monoisotopic (exact) mass is 387 g/mol. The molecule has 0 atom stereocenters. The highest BCUT2D eigenvalue weighted by Crippen LogP contribution is 2.48. The summed E-state index contributed by atoms with van der Waals surface area (Å²) >= 11 is 0. The number of nitrogens with zero attached hydrogens (tertiary/aromatic N) is 1. The summed E-state index contributed by atoms with van der Waals surface area (Å²) in [6.07, 6.45) is 4.41. The Morgan fingerprint density at radius 1 is 1.22 bits per heavy atom. The van der Waals surface area contributed by atoms with Crippen LogP contribution in [0.2, 0.25) is 0 Å². The van der Waals surface area contributed by atoms with Crippen molar-refractivity contribution in [3.8, 4) is 17.6 Å². The average Bonchev–Trinajstić information content (AvgIpc) is 3.23. The van der Waals surface area contributed by atoms with Crippen LogP contribution in [0.25, 0.3) is 6.08 Å². The lowest BCUT2D eigenvalue weighted by Gasteiger charge is -2.24. The Morgan fingerprint density at radius 2 is 1.96 bits per heavy atom. The number of halogens is 1. The van der Waals surface area contributed by atoms with E-state index >= 15 is 0 Å². The Balaban J connectivity index is 1.86. The second kappa shape index (κ2) is 6.16. The summed E-state index contributed by atoms with van der Waals surface area (Å²) in [5, 5.41) is 8.99. The summed E-state index contributed by atoms with van der Waals surface area (Å²) in [6.45, 7) is 0.654. The van der Waals surface area contributed by atoms with Crippen molar-refractivity contribution in [3.63, 3.8) is 0 Å². The number of sulfone groups is 1. The topological polar surface area (TPSA) is 85.6 Å². The molecule has 8 heteroatoms. The molecule has 0 radical (unpaired) electrons. The normalized spacial score (nSPS) is 17.1. The molecule has 27 heavy (non-hydrogen) atoms. The van der Waals surface area contributed by atoms with Gasteiger partial charge in [0.05, 0.1) is 29.7 Å². The third kappa shape index (κ3) is 3.00. The minimum atomic E-state index is -3.56. The molecule has 2 aliphatic rings. The molecule has 0 aromatic heterocycles. The number of ether oxygens (including phenoxy) is 3. The minimum absolute atomic E-state index is 0.0775. The van der Waals surface area contributed by atoms with Gasteiger partial charge in [0, 0.05) is 23.4 Å². The molecule has 0 unspecified atom stereocenters. The van der Waals surface area contributed by atoms with E-state index in [1.54, 1.807) is 12.2 Å². The van der Waals surface area contributed by atoms with Crippen LogP contribution >= 0.6 is 0 Å². The second-order valence-corrected chi connectivity index (χ2v) is 8.19. The first kappa shape index (κ1) is 17.7. The van der Waals surface area contributed by atoms with Crippen LogP contribution in [0, 0.1) is 17.1 Å². The summed E-state index contributed by atoms with van der Waals surface area (Å²) < 4.78 is 55.4. The van der Waals surface area contributed by atoms with Gasteiger partial charge in [-0.3, -0.25) is 0 Å². The van der Waals surface area contributed by atoms with Gasteiger partial charge in [-0.2, -0.15) is 5.26 Å². The van der Waals surface area contributed by atoms with Crippen molar-refractivity contribution in [1.82, 2.24) is 0 Å². The van der Waals surface area contributed by atoms with Gasteiger partial charge in [-0.15, -0.1) is 0 Å². The third-order valence-corrected chi connectivity index (χ3v) is 5.47. The highest BCUT2D eigenvalue weighted by atomic mass is 32.2. The first-order valence-corrected chi connectivity index (χ1v) is 9.95. The van der Waals surface area contributed by atoms with Crippen molar-refractivity contribution in [2.45, 2.75) is 10.7 Å². The van der Waals surface area contributed by atoms with Gasteiger partial charge < -0.3 is 14.2 Å². The van der Waals surface area contributed by atoms with E-state index in [0.29, 0.717) is 30.1 Å². The molecule has 1 heterocycles. The number of hydrogen-bond acceptors (Lipinski definition) is 6. The molecule has 6 nitrogen and oxygen atoms in total. The number of fused-ring (bicyclic) bond motifs is 2. The fourth-order valence-corrected chi connectivity index (χ4v) is 4.20. The summed E-state index contributed by atoms with van der Waals surface area (Å²) in [7, 11) is -3.56. The van der Waals surface area contributed by atoms with Crippen molar-refractivity contribution >= 4 is 15.9 Å². The van der Waals surface area contributed by atoms with Crippen molar-refractivity contribution in [2.24, 2.45) is 0 Å². The Hall–Kier alpha value is -2.73. The molecule has 1 aliphatic heterocycles. The molecule has 4 rings (SSSR count). The van der Waals surface area contributed by atoms with Crippen LogP contribution in [0.15, 0.2) is 41.3 Å². The SMILES string of the molecule is CS(=O)(=O)c1ccc(Oc2cc(F)cc(C#N)c2)c2c1C1(C=C2)OCCO1. The Bertz CT molecular complexity index is 1110. The zero-order valence-corrected chi connectivity index (χ0v) is 15.0. The quantitative estimate of drug-likeness (QED) is 0.804. The van der Waals surface area contributed by atoms with Gasteiger partial charge in [-0.1, -0.05) is 0 Å². The highest BCUT2D eigenvalue weighted by molar-refractivity contribution is 7.90. The standard InChI is InChI=1S/C19H14FNO5S/c1-27(22,23)17-3-2-16(26-14-9-12(11-21)8-13(20)10-14)15-4-5-19(18(15)17)24-6-7-25-19/h2-5,8-10H,6-7H2,1H3. The first-order valence-electron chi connectivity index (χ1n) is 8.06. The van der Waals surface area contributed by atoms with E-state index in [1.165, 1.54) is 18.2 Å². The van der Waals surface area contributed by atoms with Crippen molar-refractivity contribution in [3.05, 3.63) is 58.9 Å². The van der Waals surface area contributed by atoms with Gasteiger partial charge in [0.15, 0.2) is 9.84 Å². The minimum Gasteiger partial charge on any atom is -0.457 e. The number of hydrogen-bond donors (Lipinski definition) is 0. The molecule has 1 saturated heterocycles.